The van der Waals surface area contributed by atoms with Gasteiger partial charge in [-0.05, 0) is 54.6 Å². The second kappa shape index (κ2) is 7.92. The summed E-state index contributed by atoms with van der Waals surface area (Å²) in [7, 11) is 2.10. The standard InChI is InChI=1S/C24H19Cl2N3OS/c1-29-11-10-18-17(12-29)19(13-2-6-15(25)7-3-13)20-21(27)23(31-24(20)28-18)22(30)14-4-8-16(26)9-5-14/h2-9H,10-12,27H2,1H3. The van der Waals surface area contributed by atoms with Crippen LogP contribution in [-0.4, -0.2) is 29.3 Å². The van der Waals surface area contributed by atoms with Gasteiger partial charge in [0.1, 0.15) is 9.71 Å². The van der Waals surface area contributed by atoms with Gasteiger partial charge in [-0.2, -0.15) is 0 Å². The number of hydrogen-bond donors (Lipinski definition) is 1. The third-order valence-electron chi connectivity index (χ3n) is 5.67. The van der Waals surface area contributed by atoms with E-state index in [2.05, 4.69) is 11.9 Å². The van der Waals surface area contributed by atoms with Crippen LogP contribution in [0.15, 0.2) is 48.5 Å². The molecule has 2 aromatic heterocycles. The summed E-state index contributed by atoms with van der Waals surface area (Å²) in [4.78, 5) is 21.8. The van der Waals surface area contributed by atoms with Gasteiger partial charge >= 0.3 is 0 Å². The Morgan fingerprint density at radius 2 is 1.71 bits per heavy atom. The SMILES string of the molecule is CN1CCc2nc3sc(C(=O)c4ccc(Cl)cc4)c(N)c3c(-c3ccc(Cl)cc3)c2C1. The lowest BCUT2D eigenvalue weighted by atomic mass is 9.92. The molecule has 0 bridgehead atoms. The molecule has 0 saturated carbocycles. The van der Waals surface area contributed by atoms with Gasteiger partial charge in [-0.1, -0.05) is 35.3 Å². The number of ketones is 1. The smallest absolute Gasteiger partial charge is 0.205 e. The molecule has 156 valence electrons. The van der Waals surface area contributed by atoms with Crippen molar-refractivity contribution >= 4 is 56.2 Å². The van der Waals surface area contributed by atoms with Gasteiger partial charge in [0.2, 0.25) is 5.78 Å². The van der Waals surface area contributed by atoms with Gasteiger partial charge in [-0.3, -0.25) is 4.79 Å². The number of nitrogen functional groups attached to an aromatic ring is 1. The Balaban J connectivity index is 1.76. The predicted octanol–water partition coefficient (Wildman–Crippen LogP) is 6.07. The molecule has 0 aliphatic carbocycles. The van der Waals surface area contributed by atoms with Crippen molar-refractivity contribution in [2.75, 3.05) is 19.3 Å². The summed E-state index contributed by atoms with van der Waals surface area (Å²) in [5, 5.41) is 2.11. The molecule has 3 heterocycles. The molecule has 0 amide bonds. The van der Waals surface area contributed by atoms with Gasteiger partial charge in [-0.25, -0.2) is 4.98 Å². The molecule has 4 aromatic rings. The molecule has 2 aromatic carbocycles. The maximum atomic E-state index is 13.2. The fourth-order valence-electron chi connectivity index (χ4n) is 4.10. The topological polar surface area (TPSA) is 59.2 Å². The number of nitrogens with two attached hydrogens (primary N) is 1. The molecule has 0 fully saturated rings. The minimum atomic E-state index is -0.116. The first-order valence-electron chi connectivity index (χ1n) is 9.91. The highest BCUT2D eigenvalue weighted by Crippen LogP contribution is 2.44. The van der Waals surface area contributed by atoms with Crippen LogP contribution in [0.2, 0.25) is 10.0 Å². The van der Waals surface area contributed by atoms with Crippen molar-refractivity contribution in [3.8, 4) is 11.1 Å². The lowest BCUT2D eigenvalue weighted by Crippen LogP contribution is -2.27. The number of aromatic nitrogens is 1. The zero-order chi connectivity index (χ0) is 21.7. The van der Waals surface area contributed by atoms with Crippen LogP contribution in [0.1, 0.15) is 26.5 Å². The van der Waals surface area contributed by atoms with Gasteiger partial charge in [0.15, 0.2) is 0 Å². The van der Waals surface area contributed by atoms with E-state index >= 15 is 0 Å². The van der Waals surface area contributed by atoms with E-state index in [0.29, 0.717) is 26.2 Å². The Hall–Kier alpha value is -2.44. The van der Waals surface area contributed by atoms with E-state index in [1.807, 2.05) is 24.3 Å². The average Bonchev–Trinajstić information content (AvgIpc) is 3.09. The summed E-state index contributed by atoms with van der Waals surface area (Å²) in [6, 6.07) is 14.6. The number of benzene rings is 2. The van der Waals surface area contributed by atoms with E-state index in [0.717, 1.165) is 46.5 Å². The number of nitrogens with zero attached hydrogens (tertiary/aromatic N) is 2. The van der Waals surface area contributed by atoms with Gasteiger partial charge in [0.05, 0.1) is 5.69 Å². The third-order valence-corrected chi connectivity index (χ3v) is 7.27. The molecule has 0 spiro atoms. The zero-order valence-corrected chi connectivity index (χ0v) is 19.1. The van der Waals surface area contributed by atoms with Crippen LogP contribution in [0.3, 0.4) is 0 Å². The first kappa shape index (κ1) is 20.5. The van der Waals surface area contributed by atoms with Crippen LogP contribution >= 0.6 is 34.5 Å². The molecule has 1 aliphatic heterocycles. The number of rotatable bonds is 3. The van der Waals surface area contributed by atoms with Crippen molar-refractivity contribution in [1.29, 1.82) is 0 Å². The quantitative estimate of drug-likeness (QED) is 0.371. The van der Waals surface area contributed by atoms with E-state index in [4.69, 9.17) is 33.9 Å². The number of pyridine rings is 1. The van der Waals surface area contributed by atoms with E-state index < -0.39 is 0 Å². The van der Waals surface area contributed by atoms with E-state index in [-0.39, 0.29) is 5.78 Å². The second-order valence-corrected chi connectivity index (χ2v) is 9.64. The minimum Gasteiger partial charge on any atom is -0.397 e. The van der Waals surface area contributed by atoms with Gasteiger partial charge < -0.3 is 10.6 Å². The number of thiophene rings is 1. The van der Waals surface area contributed by atoms with Crippen molar-refractivity contribution in [1.82, 2.24) is 9.88 Å². The third kappa shape index (κ3) is 3.62. The van der Waals surface area contributed by atoms with E-state index in [1.54, 1.807) is 24.3 Å². The Morgan fingerprint density at radius 3 is 2.39 bits per heavy atom. The fraction of sp³-hybridized carbons (Fsp3) is 0.167. The summed E-state index contributed by atoms with van der Waals surface area (Å²) in [5.74, 6) is -0.116. The molecule has 2 N–H and O–H groups in total. The normalized spacial score (nSPS) is 14.0. The molecule has 0 saturated heterocycles. The first-order valence-corrected chi connectivity index (χ1v) is 11.5. The number of anilines is 1. The van der Waals surface area contributed by atoms with Crippen LogP contribution in [-0.2, 0) is 13.0 Å². The maximum absolute atomic E-state index is 13.2. The monoisotopic (exact) mass is 467 g/mol. The van der Waals surface area contributed by atoms with Crippen LogP contribution in [0, 0.1) is 0 Å². The maximum Gasteiger partial charge on any atom is 0.205 e. The Morgan fingerprint density at radius 1 is 1.06 bits per heavy atom. The molecule has 1 aliphatic rings. The lowest BCUT2D eigenvalue weighted by Gasteiger charge is -2.27. The highest BCUT2D eigenvalue weighted by Gasteiger charge is 2.27. The van der Waals surface area contributed by atoms with Crippen LogP contribution in [0.5, 0.6) is 0 Å². The molecule has 0 radical (unpaired) electrons. The number of hydrogen-bond acceptors (Lipinski definition) is 5. The van der Waals surface area contributed by atoms with Crippen LogP contribution < -0.4 is 5.73 Å². The minimum absolute atomic E-state index is 0.116. The highest BCUT2D eigenvalue weighted by atomic mass is 35.5. The molecule has 0 atom stereocenters. The number of fused-ring (bicyclic) bond motifs is 2. The highest BCUT2D eigenvalue weighted by molar-refractivity contribution is 7.21. The zero-order valence-electron chi connectivity index (χ0n) is 16.8. The Bertz CT molecular complexity index is 1310. The molecule has 4 nitrogen and oxygen atoms in total. The lowest BCUT2D eigenvalue weighted by molar-refractivity contribution is 0.104. The molecular formula is C24H19Cl2N3OS. The summed E-state index contributed by atoms with van der Waals surface area (Å²) >= 11 is 13.5. The summed E-state index contributed by atoms with van der Waals surface area (Å²) in [6.07, 6.45) is 0.862. The number of carbonyl (C=O) groups excluding carboxylic acids is 1. The number of carbonyl (C=O) groups is 1. The molecule has 5 rings (SSSR count). The van der Waals surface area contributed by atoms with E-state index in [9.17, 15) is 4.79 Å². The summed E-state index contributed by atoms with van der Waals surface area (Å²) in [5.41, 5.74) is 12.0. The van der Waals surface area contributed by atoms with Gasteiger partial charge in [-0.15, -0.1) is 11.3 Å². The van der Waals surface area contributed by atoms with Crippen LogP contribution in [0.25, 0.3) is 21.3 Å². The molecule has 0 unspecified atom stereocenters. The Labute approximate surface area is 194 Å². The summed E-state index contributed by atoms with van der Waals surface area (Å²) < 4.78 is 0. The van der Waals surface area contributed by atoms with Crippen molar-refractivity contribution in [3.63, 3.8) is 0 Å². The van der Waals surface area contributed by atoms with Crippen molar-refractivity contribution < 1.29 is 4.79 Å². The van der Waals surface area contributed by atoms with Crippen molar-refractivity contribution in [2.24, 2.45) is 0 Å². The number of likely N-dealkylation sites (N-methyl/N-ethyl adjacent to an activating group) is 1. The van der Waals surface area contributed by atoms with Gasteiger partial charge in [0.25, 0.3) is 0 Å². The molecule has 31 heavy (non-hydrogen) atoms. The first-order chi connectivity index (χ1) is 14.9. The van der Waals surface area contributed by atoms with Gasteiger partial charge in [0, 0.05) is 51.8 Å². The largest absolute Gasteiger partial charge is 0.397 e. The summed E-state index contributed by atoms with van der Waals surface area (Å²) in [6.45, 7) is 1.73. The Kier molecular flexibility index (Phi) is 5.22. The van der Waals surface area contributed by atoms with Crippen LogP contribution in [0.4, 0.5) is 5.69 Å². The average molecular weight is 468 g/mol. The van der Waals surface area contributed by atoms with Crippen molar-refractivity contribution in [2.45, 2.75) is 13.0 Å². The number of halogens is 2. The second-order valence-electron chi connectivity index (χ2n) is 7.77. The van der Waals surface area contributed by atoms with E-state index in [1.165, 1.54) is 16.9 Å². The predicted molar refractivity (Wildman–Crippen MR) is 129 cm³/mol. The fourth-order valence-corrected chi connectivity index (χ4v) is 5.43. The molecule has 7 heteroatoms. The molecular weight excluding hydrogens is 449 g/mol. The van der Waals surface area contributed by atoms with Crippen molar-refractivity contribution in [3.05, 3.63) is 80.3 Å².